The van der Waals surface area contributed by atoms with Gasteiger partial charge in [-0.05, 0) is 22.9 Å². The predicted octanol–water partition coefficient (Wildman–Crippen LogP) is 3.49. The molecule has 1 aromatic heterocycles. The average molecular weight is 480 g/mol. The molecule has 0 bridgehead atoms. The quantitative estimate of drug-likeness (QED) is 0.237. The van der Waals surface area contributed by atoms with Gasteiger partial charge in [0.15, 0.2) is 0 Å². The van der Waals surface area contributed by atoms with Crippen molar-refractivity contribution in [2.45, 2.75) is 43.9 Å². The number of carbonyl (C=O) groups is 3. The van der Waals surface area contributed by atoms with Crippen molar-refractivity contribution in [2.75, 3.05) is 12.8 Å². The number of thioether (sulfide) groups is 1. The summed E-state index contributed by atoms with van der Waals surface area (Å²) in [5.74, 6) is -0.917. The zero-order valence-electron chi connectivity index (χ0n) is 19.0. The van der Waals surface area contributed by atoms with Crippen LogP contribution in [0.5, 0.6) is 0 Å². The highest BCUT2D eigenvalue weighted by Crippen LogP contribution is 2.26. The van der Waals surface area contributed by atoms with Gasteiger partial charge in [0.25, 0.3) is 0 Å². The van der Waals surface area contributed by atoms with Crippen molar-refractivity contribution in [1.82, 2.24) is 16.1 Å². The Hall–Kier alpha value is -2.36. The highest BCUT2D eigenvalue weighted by molar-refractivity contribution is 8.01. The molecular formula is C23H33N3O4S2. The van der Waals surface area contributed by atoms with Crippen LogP contribution in [0.15, 0.2) is 52.1 Å². The second-order valence-electron chi connectivity index (χ2n) is 7.78. The molecule has 0 saturated heterocycles. The van der Waals surface area contributed by atoms with Crippen LogP contribution in [0.4, 0.5) is 0 Å². The molecule has 0 fully saturated rings. The normalized spacial score (nSPS) is 12.2. The molecular weight excluding hydrogens is 446 g/mol. The van der Waals surface area contributed by atoms with Crippen LogP contribution in [0, 0.1) is 11.8 Å². The van der Waals surface area contributed by atoms with Crippen LogP contribution in [0.3, 0.4) is 0 Å². The summed E-state index contributed by atoms with van der Waals surface area (Å²) in [5.41, 5.74) is 2.53. The van der Waals surface area contributed by atoms with Gasteiger partial charge >= 0.3 is 0 Å². The second kappa shape index (κ2) is 15.4. The molecule has 1 heterocycles. The molecule has 0 aliphatic carbocycles. The first-order valence-corrected chi connectivity index (χ1v) is 12.3. The van der Waals surface area contributed by atoms with E-state index in [1.54, 1.807) is 5.48 Å². The van der Waals surface area contributed by atoms with Crippen LogP contribution in [0.25, 0.3) is 0 Å². The van der Waals surface area contributed by atoms with E-state index in [0.29, 0.717) is 12.2 Å². The summed E-state index contributed by atoms with van der Waals surface area (Å²) in [6.45, 7) is 6.50. The van der Waals surface area contributed by atoms with Crippen molar-refractivity contribution in [3.63, 3.8) is 0 Å². The zero-order valence-corrected chi connectivity index (χ0v) is 20.6. The second-order valence-corrected chi connectivity index (χ2v) is 10.0. The molecule has 2 aromatic rings. The minimum absolute atomic E-state index is 0.132. The maximum absolute atomic E-state index is 12.5. The Morgan fingerprint density at radius 2 is 1.69 bits per heavy atom. The summed E-state index contributed by atoms with van der Waals surface area (Å²) < 4.78 is 1.02. The Kier molecular flexibility index (Phi) is 13.4. The molecule has 4 N–H and O–H groups in total. The lowest BCUT2D eigenvalue weighted by atomic mass is 10.0. The Labute approximate surface area is 198 Å². The Morgan fingerprint density at radius 1 is 1.03 bits per heavy atom. The van der Waals surface area contributed by atoms with Gasteiger partial charge in [-0.3, -0.25) is 19.6 Å². The maximum Gasteiger partial charge on any atom is 0.247 e. The van der Waals surface area contributed by atoms with Gasteiger partial charge in [0, 0.05) is 25.6 Å². The minimum Gasteiger partial charge on any atom is -0.357 e. The fourth-order valence-corrected chi connectivity index (χ4v) is 4.46. The Bertz CT molecular complexity index is 811. The number of benzene rings is 1. The molecule has 2 atom stereocenters. The summed E-state index contributed by atoms with van der Waals surface area (Å²) in [7, 11) is 1.51. The van der Waals surface area contributed by atoms with Crippen molar-refractivity contribution >= 4 is 40.8 Å². The van der Waals surface area contributed by atoms with E-state index in [4.69, 9.17) is 5.21 Å². The average Bonchev–Trinajstić information content (AvgIpc) is 3.29. The molecule has 0 aliphatic rings. The van der Waals surface area contributed by atoms with E-state index in [0.717, 1.165) is 15.7 Å². The summed E-state index contributed by atoms with van der Waals surface area (Å²) in [6.07, 6.45) is 0.208. The standard InChI is InChI=1S/C19H23N3O4S2.C4H10/c1-20-19(25)15(10-13-6-3-2-4-7-13)21-16(23)11-14(18(24)22-26)12-28-17-8-5-9-27-17;1-4(2)3/h2-9,14-15,26H,10-12H2,1H3,(H,20,25)(H,21,23)(H,22,24);4H,1-3H3. The van der Waals surface area contributed by atoms with Crippen molar-refractivity contribution in [3.8, 4) is 0 Å². The van der Waals surface area contributed by atoms with Crippen LogP contribution in [-0.4, -0.2) is 41.8 Å². The molecule has 0 radical (unpaired) electrons. The van der Waals surface area contributed by atoms with Crippen LogP contribution in [-0.2, 0) is 20.8 Å². The number of hydrogen-bond acceptors (Lipinski definition) is 6. The van der Waals surface area contributed by atoms with E-state index >= 15 is 0 Å². The van der Waals surface area contributed by atoms with E-state index in [1.165, 1.54) is 30.1 Å². The first kappa shape index (κ1) is 27.7. The first-order chi connectivity index (χ1) is 15.3. The van der Waals surface area contributed by atoms with Crippen LogP contribution < -0.4 is 16.1 Å². The topological polar surface area (TPSA) is 108 Å². The molecule has 2 rings (SSSR count). The minimum atomic E-state index is -0.748. The van der Waals surface area contributed by atoms with Gasteiger partial charge in [0.2, 0.25) is 17.7 Å². The van der Waals surface area contributed by atoms with Gasteiger partial charge in [-0.25, -0.2) is 5.48 Å². The number of amides is 3. The van der Waals surface area contributed by atoms with E-state index in [2.05, 4.69) is 31.4 Å². The lowest BCUT2D eigenvalue weighted by Gasteiger charge is -2.19. The van der Waals surface area contributed by atoms with Crippen LogP contribution in [0.1, 0.15) is 32.8 Å². The van der Waals surface area contributed by atoms with Gasteiger partial charge in [-0.15, -0.1) is 23.1 Å². The number of hydroxylamine groups is 1. The molecule has 176 valence electrons. The van der Waals surface area contributed by atoms with E-state index in [-0.39, 0.29) is 12.3 Å². The fraction of sp³-hybridized carbons (Fsp3) is 0.435. The highest BCUT2D eigenvalue weighted by atomic mass is 32.2. The third-order valence-corrected chi connectivity index (χ3v) is 6.31. The predicted molar refractivity (Wildman–Crippen MR) is 130 cm³/mol. The summed E-state index contributed by atoms with van der Waals surface area (Å²) >= 11 is 2.98. The number of rotatable bonds is 10. The van der Waals surface area contributed by atoms with Crippen molar-refractivity contribution in [3.05, 3.63) is 53.4 Å². The molecule has 2 unspecified atom stereocenters. The van der Waals surface area contributed by atoms with Crippen molar-refractivity contribution < 1.29 is 19.6 Å². The number of likely N-dealkylation sites (N-methyl/N-ethyl adjacent to an activating group) is 1. The largest absolute Gasteiger partial charge is 0.357 e. The van der Waals surface area contributed by atoms with E-state index in [1.807, 2.05) is 47.8 Å². The smallest absolute Gasteiger partial charge is 0.247 e. The number of nitrogens with one attached hydrogen (secondary N) is 3. The summed E-state index contributed by atoms with van der Waals surface area (Å²) in [5, 5.41) is 16.1. The molecule has 7 nitrogen and oxygen atoms in total. The number of hydrogen-bond donors (Lipinski definition) is 4. The van der Waals surface area contributed by atoms with Gasteiger partial charge < -0.3 is 10.6 Å². The van der Waals surface area contributed by atoms with Crippen molar-refractivity contribution in [1.29, 1.82) is 0 Å². The molecule has 0 saturated carbocycles. The number of carbonyl (C=O) groups excluding carboxylic acids is 3. The third-order valence-electron chi connectivity index (χ3n) is 4.02. The maximum atomic E-state index is 12.5. The van der Waals surface area contributed by atoms with E-state index in [9.17, 15) is 14.4 Å². The van der Waals surface area contributed by atoms with Gasteiger partial charge in [-0.1, -0.05) is 57.2 Å². The molecule has 3 amide bonds. The lowest BCUT2D eigenvalue weighted by molar-refractivity contribution is -0.136. The van der Waals surface area contributed by atoms with Crippen LogP contribution in [0.2, 0.25) is 0 Å². The third kappa shape index (κ3) is 11.3. The highest BCUT2D eigenvalue weighted by Gasteiger charge is 2.26. The molecule has 0 aliphatic heterocycles. The zero-order chi connectivity index (χ0) is 23.9. The molecule has 32 heavy (non-hydrogen) atoms. The monoisotopic (exact) mass is 479 g/mol. The van der Waals surface area contributed by atoms with Gasteiger partial charge in [-0.2, -0.15) is 0 Å². The van der Waals surface area contributed by atoms with Crippen molar-refractivity contribution in [2.24, 2.45) is 11.8 Å². The molecule has 9 heteroatoms. The Morgan fingerprint density at radius 3 is 2.22 bits per heavy atom. The lowest BCUT2D eigenvalue weighted by Crippen LogP contribution is -2.48. The van der Waals surface area contributed by atoms with Gasteiger partial charge in [0.05, 0.1) is 10.1 Å². The molecule has 1 aromatic carbocycles. The van der Waals surface area contributed by atoms with Crippen LogP contribution >= 0.6 is 23.1 Å². The molecule has 0 spiro atoms. The fourth-order valence-electron chi connectivity index (χ4n) is 2.56. The summed E-state index contributed by atoms with van der Waals surface area (Å²) in [4.78, 5) is 36.6. The first-order valence-electron chi connectivity index (χ1n) is 10.4. The summed E-state index contributed by atoms with van der Waals surface area (Å²) in [6, 6.07) is 12.4. The Balaban J connectivity index is 0.00000118. The SMILES string of the molecule is CC(C)C.CNC(=O)C(Cc1ccccc1)NC(=O)CC(CSc1cccs1)C(=O)NO. The van der Waals surface area contributed by atoms with E-state index < -0.39 is 23.8 Å². The van der Waals surface area contributed by atoms with Gasteiger partial charge in [0.1, 0.15) is 6.04 Å². The number of thiophene rings is 1.